The van der Waals surface area contributed by atoms with Gasteiger partial charge in [-0.2, -0.15) is 11.8 Å². The molecule has 0 aliphatic rings. The number of carbonyl (C=O) groups is 1. The highest BCUT2D eigenvalue weighted by molar-refractivity contribution is 8.15. The molecule has 0 saturated heterocycles. The van der Waals surface area contributed by atoms with Gasteiger partial charge in [0.15, 0.2) is 0 Å². The maximum absolute atomic E-state index is 12.1. The van der Waals surface area contributed by atoms with Crippen LogP contribution in [-0.2, 0) is 15.6 Å². The molecule has 0 aromatic heterocycles. The second-order valence-electron chi connectivity index (χ2n) is 7.48. The molecule has 1 rings (SSSR count). The Morgan fingerprint density at radius 1 is 1.05 bits per heavy atom. The molecule has 22 heavy (non-hydrogen) atoms. The highest BCUT2D eigenvalue weighted by atomic mass is 32.2. The summed E-state index contributed by atoms with van der Waals surface area (Å²) in [7, 11) is 0. The zero-order chi connectivity index (χ0) is 17.1. The number of hydrogen-bond acceptors (Lipinski definition) is 4. The summed E-state index contributed by atoms with van der Waals surface area (Å²) < 4.78 is 0. The number of thioether (sulfide) groups is 2. The van der Waals surface area contributed by atoms with Crippen LogP contribution in [0.1, 0.15) is 59.6 Å². The molecule has 1 aromatic carbocycles. The SMILES string of the molecule is CCSCC(=O)Sc1cc(C(C)(C)C)c(O)c(C(C)(C)C)c1. The lowest BCUT2D eigenvalue weighted by atomic mass is 9.79. The van der Waals surface area contributed by atoms with E-state index < -0.39 is 0 Å². The fourth-order valence-electron chi connectivity index (χ4n) is 2.16. The van der Waals surface area contributed by atoms with E-state index in [-0.39, 0.29) is 15.9 Å². The van der Waals surface area contributed by atoms with Crippen LogP contribution in [0.2, 0.25) is 0 Å². The lowest BCUT2D eigenvalue weighted by Gasteiger charge is -2.28. The monoisotopic (exact) mass is 340 g/mol. The minimum absolute atomic E-state index is 0.164. The summed E-state index contributed by atoms with van der Waals surface area (Å²) >= 11 is 2.92. The fourth-order valence-corrected chi connectivity index (χ4v) is 3.63. The van der Waals surface area contributed by atoms with Crippen LogP contribution in [0.15, 0.2) is 17.0 Å². The van der Waals surface area contributed by atoms with Crippen LogP contribution >= 0.6 is 23.5 Å². The van der Waals surface area contributed by atoms with Gasteiger partial charge in [0.1, 0.15) is 5.75 Å². The van der Waals surface area contributed by atoms with Crippen molar-refractivity contribution in [2.24, 2.45) is 0 Å². The summed E-state index contributed by atoms with van der Waals surface area (Å²) in [6.45, 7) is 14.5. The van der Waals surface area contributed by atoms with E-state index >= 15 is 0 Å². The Balaban J connectivity index is 3.27. The van der Waals surface area contributed by atoms with Gasteiger partial charge in [0.25, 0.3) is 0 Å². The Hall–Kier alpha value is -0.610. The van der Waals surface area contributed by atoms with Crippen molar-refractivity contribution in [1.29, 1.82) is 0 Å². The summed E-state index contributed by atoms with van der Waals surface area (Å²) in [6.07, 6.45) is 0. The normalized spacial score (nSPS) is 12.5. The number of aromatic hydroxyl groups is 1. The summed E-state index contributed by atoms with van der Waals surface area (Å²) in [5.41, 5.74) is 1.47. The lowest BCUT2D eigenvalue weighted by Crippen LogP contribution is -2.17. The summed E-state index contributed by atoms with van der Waals surface area (Å²) in [6, 6.07) is 3.92. The third-order valence-electron chi connectivity index (χ3n) is 3.36. The number of benzene rings is 1. The molecule has 0 heterocycles. The Labute approximate surface area is 143 Å². The summed E-state index contributed by atoms with van der Waals surface area (Å²) in [4.78, 5) is 13.0. The molecule has 0 unspecified atom stereocenters. The van der Waals surface area contributed by atoms with E-state index in [1.54, 1.807) is 11.8 Å². The van der Waals surface area contributed by atoms with Gasteiger partial charge in [0.05, 0.1) is 5.75 Å². The first-order valence-electron chi connectivity index (χ1n) is 7.63. The van der Waals surface area contributed by atoms with Crippen molar-refractivity contribution in [3.63, 3.8) is 0 Å². The van der Waals surface area contributed by atoms with Gasteiger partial charge in [-0.1, -0.05) is 60.2 Å². The molecule has 0 radical (unpaired) electrons. The Morgan fingerprint density at radius 2 is 1.50 bits per heavy atom. The molecular formula is C18H28O2S2. The van der Waals surface area contributed by atoms with Crippen molar-refractivity contribution in [1.82, 2.24) is 0 Å². The van der Waals surface area contributed by atoms with E-state index in [0.717, 1.165) is 21.8 Å². The van der Waals surface area contributed by atoms with E-state index in [9.17, 15) is 9.90 Å². The average molecular weight is 341 g/mol. The van der Waals surface area contributed by atoms with Gasteiger partial charge < -0.3 is 5.11 Å². The molecule has 4 heteroatoms. The maximum Gasteiger partial charge on any atom is 0.203 e. The highest BCUT2D eigenvalue weighted by Crippen LogP contribution is 2.41. The fraction of sp³-hybridized carbons (Fsp3) is 0.611. The predicted molar refractivity (Wildman–Crippen MR) is 99.4 cm³/mol. The Morgan fingerprint density at radius 3 is 1.86 bits per heavy atom. The number of rotatable bonds is 4. The largest absolute Gasteiger partial charge is 0.507 e. The Bertz CT molecular complexity index is 502. The predicted octanol–water partition coefficient (Wildman–Crippen LogP) is 5.36. The van der Waals surface area contributed by atoms with Crippen LogP contribution in [-0.4, -0.2) is 21.7 Å². The molecule has 0 fully saturated rings. The van der Waals surface area contributed by atoms with E-state index in [1.807, 2.05) is 12.1 Å². The van der Waals surface area contributed by atoms with Gasteiger partial charge >= 0.3 is 0 Å². The van der Waals surface area contributed by atoms with Crippen LogP contribution in [0, 0.1) is 0 Å². The van der Waals surface area contributed by atoms with E-state index in [0.29, 0.717) is 11.5 Å². The third-order valence-corrected chi connectivity index (χ3v) is 5.26. The molecule has 0 atom stereocenters. The van der Waals surface area contributed by atoms with Crippen molar-refractivity contribution < 1.29 is 9.90 Å². The molecule has 124 valence electrons. The van der Waals surface area contributed by atoms with Gasteiger partial charge in [-0.15, -0.1) is 0 Å². The first-order valence-corrected chi connectivity index (χ1v) is 9.60. The smallest absolute Gasteiger partial charge is 0.203 e. The lowest BCUT2D eigenvalue weighted by molar-refractivity contribution is -0.108. The van der Waals surface area contributed by atoms with Gasteiger partial charge in [-0.05, 0) is 28.7 Å². The standard InChI is InChI=1S/C18H28O2S2/c1-8-21-11-15(19)22-12-9-13(17(2,3)4)16(20)14(10-12)18(5,6)7/h9-10,20H,8,11H2,1-7H3. The van der Waals surface area contributed by atoms with Gasteiger partial charge in [-0.25, -0.2) is 0 Å². The van der Waals surface area contributed by atoms with Crippen molar-refractivity contribution in [3.8, 4) is 5.75 Å². The van der Waals surface area contributed by atoms with Crippen molar-refractivity contribution in [2.75, 3.05) is 11.5 Å². The zero-order valence-electron chi connectivity index (χ0n) is 14.7. The minimum Gasteiger partial charge on any atom is -0.507 e. The molecule has 0 aliphatic heterocycles. The molecule has 0 amide bonds. The second-order valence-corrected chi connectivity index (χ2v) is 9.88. The average Bonchev–Trinajstić information content (AvgIpc) is 2.35. The van der Waals surface area contributed by atoms with E-state index in [4.69, 9.17) is 0 Å². The van der Waals surface area contributed by atoms with Crippen LogP contribution < -0.4 is 0 Å². The quantitative estimate of drug-likeness (QED) is 0.749. The molecule has 2 nitrogen and oxygen atoms in total. The maximum atomic E-state index is 12.1. The molecule has 0 bridgehead atoms. The van der Waals surface area contributed by atoms with Crippen LogP contribution in [0.25, 0.3) is 0 Å². The van der Waals surface area contributed by atoms with Gasteiger partial charge in [0, 0.05) is 16.0 Å². The van der Waals surface area contributed by atoms with Crippen molar-refractivity contribution >= 4 is 28.6 Å². The second kappa shape index (κ2) is 7.31. The number of hydrogen-bond donors (Lipinski definition) is 1. The van der Waals surface area contributed by atoms with Gasteiger partial charge in [-0.3, -0.25) is 4.79 Å². The highest BCUT2D eigenvalue weighted by Gasteiger charge is 2.27. The summed E-state index contributed by atoms with van der Waals surface area (Å²) in [5.74, 6) is 1.83. The molecule has 0 spiro atoms. The zero-order valence-corrected chi connectivity index (χ0v) is 16.4. The topological polar surface area (TPSA) is 37.3 Å². The molecule has 1 N–H and O–H groups in total. The third kappa shape index (κ3) is 5.24. The minimum atomic E-state index is -0.165. The first-order chi connectivity index (χ1) is 9.96. The number of carbonyl (C=O) groups excluding carboxylic acids is 1. The van der Waals surface area contributed by atoms with E-state index in [2.05, 4.69) is 48.5 Å². The first kappa shape index (κ1) is 19.4. The van der Waals surface area contributed by atoms with Crippen molar-refractivity contribution in [3.05, 3.63) is 23.3 Å². The number of phenolic OH excluding ortho intramolecular Hbond substituents is 1. The summed E-state index contributed by atoms with van der Waals surface area (Å²) in [5, 5.41) is 10.8. The molecule has 1 aromatic rings. The van der Waals surface area contributed by atoms with E-state index in [1.165, 1.54) is 11.8 Å². The molecule has 0 saturated carbocycles. The van der Waals surface area contributed by atoms with Crippen molar-refractivity contribution in [2.45, 2.75) is 64.2 Å². The Kier molecular flexibility index (Phi) is 6.46. The number of phenols is 1. The molecular weight excluding hydrogens is 312 g/mol. The van der Waals surface area contributed by atoms with Crippen LogP contribution in [0.5, 0.6) is 5.75 Å². The molecule has 0 aliphatic carbocycles. The van der Waals surface area contributed by atoms with Crippen LogP contribution in [0.4, 0.5) is 0 Å². The van der Waals surface area contributed by atoms with Gasteiger partial charge in [0.2, 0.25) is 5.12 Å². The van der Waals surface area contributed by atoms with Crippen LogP contribution in [0.3, 0.4) is 0 Å².